The monoisotopic (exact) mass is 459 g/mol. The number of sulfonamides is 1. The number of hydrogen-bond acceptors (Lipinski definition) is 5. The molecule has 0 radical (unpaired) electrons. The van der Waals surface area contributed by atoms with Gasteiger partial charge in [0, 0.05) is 35.4 Å². The molecule has 9 heteroatoms. The molecular weight excluding hydrogens is 438 g/mol. The summed E-state index contributed by atoms with van der Waals surface area (Å²) in [6, 6.07) is 14.7. The summed E-state index contributed by atoms with van der Waals surface area (Å²) in [5, 5.41) is 7.12. The van der Waals surface area contributed by atoms with Crippen LogP contribution in [0.4, 0.5) is 5.69 Å². The summed E-state index contributed by atoms with van der Waals surface area (Å²) in [6.45, 7) is 3.12. The number of carbonyl (C=O) groups is 1. The quantitative estimate of drug-likeness (QED) is 0.598. The SMILES string of the molecule is CC1CCCN(S(=O)(=O)c2ccc(NC(=O)c3cc(-c4ccc(Cl)cc4)on3)cc2)C1. The van der Waals surface area contributed by atoms with E-state index in [0.717, 1.165) is 18.4 Å². The zero-order valence-electron chi connectivity index (χ0n) is 16.9. The number of rotatable bonds is 5. The zero-order chi connectivity index (χ0) is 22.0. The van der Waals surface area contributed by atoms with E-state index in [1.807, 2.05) is 0 Å². The predicted octanol–water partition coefficient (Wildman–Crippen LogP) is 4.67. The molecule has 162 valence electrons. The van der Waals surface area contributed by atoms with Crippen molar-refractivity contribution < 1.29 is 17.7 Å². The maximum Gasteiger partial charge on any atom is 0.277 e. The Morgan fingerprint density at radius 3 is 2.55 bits per heavy atom. The number of anilines is 1. The molecule has 0 spiro atoms. The highest BCUT2D eigenvalue weighted by Crippen LogP contribution is 2.25. The van der Waals surface area contributed by atoms with Gasteiger partial charge in [0.1, 0.15) is 0 Å². The first-order valence-corrected chi connectivity index (χ1v) is 11.8. The van der Waals surface area contributed by atoms with Crippen LogP contribution < -0.4 is 5.32 Å². The second-order valence-electron chi connectivity index (χ2n) is 7.67. The third-order valence-electron chi connectivity index (χ3n) is 5.24. The van der Waals surface area contributed by atoms with Crippen molar-refractivity contribution in [3.63, 3.8) is 0 Å². The van der Waals surface area contributed by atoms with Crippen molar-refractivity contribution in [2.45, 2.75) is 24.7 Å². The molecule has 1 unspecified atom stereocenters. The van der Waals surface area contributed by atoms with Gasteiger partial charge in [-0.15, -0.1) is 0 Å². The molecular formula is C22H22ClN3O4S. The van der Waals surface area contributed by atoms with Crippen LogP contribution in [0.3, 0.4) is 0 Å². The van der Waals surface area contributed by atoms with Gasteiger partial charge in [-0.2, -0.15) is 4.31 Å². The summed E-state index contributed by atoms with van der Waals surface area (Å²) < 4.78 is 32.5. The lowest BCUT2D eigenvalue weighted by atomic mass is 10.0. The second kappa shape index (κ2) is 8.82. The lowest BCUT2D eigenvalue weighted by Crippen LogP contribution is -2.39. The Kier molecular flexibility index (Phi) is 6.13. The van der Waals surface area contributed by atoms with E-state index in [1.54, 1.807) is 36.4 Å². The number of nitrogens with zero attached hydrogens (tertiary/aromatic N) is 2. The molecule has 1 aliphatic heterocycles. The highest BCUT2D eigenvalue weighted by Gasteiger charge is 2.28. The minimum atomic E-state index is -3.54. The third-order valence-corrected chi connectivity index (χ3v) is 7.37. The molecule has 7 nitrogen and oxygen atoms in total. The number of benzene rings is 2. The van der Waals surface area contributed by atoms with Crippen molar-refractivity contribution in [3.05, 3.63) is 65.3 Å². The van der Waals surface area contributed by atoms with Crippen molar-refractivity contribution in [3.8, 4) is 11.3 Å². The Morgan fingerprint density at radius 2 is 1.87 bits per heavy atom. The van der Waals surface area contributed by atoms with Crippen molar-refractivity contribution >= 4 is 33.2 Å². The number of carbonyl (C=O) groups excluding carboxylic acids is 1. The summed E-state index contributed by atoms with van der Waals surface area (Å²) in [5.41, 5.74) is 1.33. The summed E-state index contributed by atoms with van der Waals surface area (Å²) >= 11 is 5.88. The lowest BCUT2D eigenvalue weighted by Gasteiger charge is -2.30. The van der Waals surface area contributed by atoms with E-state index in [1.165, 1.54) is 22.5 Å². The standard InChI is InChI=1S/C22H22ClN3O4S/c1-15-3-2-12-26(14-15)31(28,29)19-10-8-18(9-11-19)24-22(27)20-13-21(30-25-20)16-4-6-17(23)7-5-16/h4-11,13,15H,2-3,12,14H2,1H3,(H,24,27). The van der Waals surface area contributed by atoms with Crippen molar-refractivity contribution in [1.82, 2.24) is 9.46 Å². The number of halogens is 1. The fourth-order valence-electron chi connectivity index (χ4n) is 3.55. The van der Waals surface area contributed by atoms with Gasteiger partial charge in [0.2, 0.25) is 10.0 Å². The molecule has 1 aliphatic rings. The van der Waals surface area contributed by atoms with Crippen LogP contribution in [-0.4, -0.2) is 36.9 Å². The van der Waals surface area contributed by atoms with Crippen molar-refractivity contribution in [2.24, 2.45) is 5.92 Å². The maximum absolute atomic E-state index is 12.9. The molecule has 1 saturated heterocycles. The Balaban J connectivity index is 1.44. The molecule has 4 rings (SSSR count). The van der Waals surface area contributed by atoms with Crippen LogP contribution in [-0.2, 0) is 10.0 Å². The molecule has 31 heavy (non-hydrogen) atoms. The summed E-state index contributed by atoms with van der Waals surface area (Å²) in [7, 11) is -3.54. The number of nitrogens with one attached hydrogen (secondary N) is 1. The number of hydrogen-bond donors (Lipinski definition) is 1. The van der Waals surface area contributed by atoms with E-state index in [0.29, 0.717) is 35.5 Å². The van der Waals surface area contributed by atoms with Gasteiger partial charge in [-0.05, 0) is 67.3 Å². The molecule has 1 N–H and O–H groups in total. The van der Waals surface area contributed by atoms with E-state index in [9.17, 15) is 13.2 Å². The van der Waals surface area contributed by atoms with Crippen LogP contribution in [0.5, 0.6) is 0 Å². The average Bonchev–Trinajstić information content (AvgIpc) is 3.25. The van der Waals surface area contributed by atoms with E-state index in [4.69, 9.17) is 16.1 Å². The predicted molar refractivity (Wildman–Crippen MR) is 119 cm³/mol. The van der Waals surface area contributed by atoms with Gasteiger partial charge >= 0.3 is 0 Å². The maximum atomic E-state index is 12.9. The first-order valence-electron chi connectivity index (χ1n) is 9.97. The lowest BCUT2D eigenvalue weighted by molar-refractivity contribution is 0.101. The highest BCUT2D eigenvalue weighted by molar-refractivity contribution is 7.89. The topological polar surface area (TPSA) is 92.5 Å². The first-order chi connectivity index (χ1) is 14.8. The molecule has 0 bridgehead atoms. The van der Waals surface area contributed by atoms with Gasteiger partial charge < -0.3 is 9.84 Å². The fraction of sp³-hybridized carbons (Fsp3) is 0.273. The van der Waals surface area contributed by atoms with Crippen LogP contribution in [0.1, 0.15) is 30.3 Å². The zero-order valence-corrected chi connectivity index (χ0v) is 18.5. The Hall–Kier alpha value is -2.68. The van der Waals surface area contributed by atoms with Crippen molar-refractivity contribution in [2.75, 3.05) is 18.4 Å². The normalized spacial score (nSPS) is 17.4. The molecule has 0 saturated carbocycles. The number of amides is 1. The van der Waals surface area contributed by atoms with E-state index >= 15 is 0 Å². The molecule has 3 aromatic rings. The molecule has 1 amide bonds. The Morgan fingerprint density at radius 1 is 1.16 bits per heavy atom. The van der Waals surface area contributed by atoms with E-state index < -0.39 is 15.9 Å². The van der Waals surface area contributed by atoms with Crippen LogP contribution in [0.15, 0.2) is 64.0 Å². The van der Waals surface area contributed by atoms with Crippen LogP contribution in [0, 0.1) is 5.92 Å². The Labute approximate surface area is 186 Å². The first kappa shape index (κ1) is 21.5. The number of aromatic nitrogens is 1. The summed E-state index contributed by atoms with van der Waals surface area (Å²) in [5.74, 6) is 0.339. The fourth-order valence-corrected chi connectivity index (χ4v) is 5.28. The largest absolute Gasteiger partial charge is 0.355 e. The van der Waals surface area contributed by atoms with E-state index in [2.05, 4.69) is 17.4 Å². The molecule has 0 aliphatic carbocycles. The van der Waals surface area contributed by atoms with Crippen molar-refractivity contribution in [1.29, 1.82) is 0 Å². The third kappa shape index (κ3) is 4.81. The van der Waals surface area contributed by atoms with Crippen LogP contribution >= 0.6 is 11.6 Å². The highest BCUT2D eigenvalue weighted by atomic mass is 35.5. The van der Waals surface area contributed by atoms with Gasteiger partial charge in [0.25, 0.3) is 5.91 Å². The minimum Gasteiger partial charge on any atom is -0.355 e. The summed E-state index contributed by atoms with van der Waals surface area (Å²) in [4.78, 5) is 12.7. The van der Waals surface area contributed by atoms with Gasteiger partial charge in [0.05, 0.1) is 4.90 Å². The minimum absolute atomic E-state index is 0.115. The molecule has 2 heterocycles. The van der Waals surface area contributed by atoms with Crippen LogP contribution in [0.2, 0.25) is 5.02 Å². The molecule has 1 fully saturated rings. The van der Waals surface area contributed by atoms with Gasteiger partial charge in [0.15, 0.2) is 11.5 Å². The van der Waals surface area contributed by atoms with Gasteiger partial charge in [-0.25, -0.2) is 8.42 Å². The van der Waals surface area contributed by atoms with Gasteiger partial charge in [-0.1, -0.05) is 23.7 Å². The van der Waals surface area contributed by atoms with E-state index in [-0.39, 0.29) is 10.6 Å². The second-order valence-corrected chi connectivity index (χ2v) is 10.0. The molecule has 2 aromatic carbocycles. The average molecular weight is 460 g/mol. The van der Waals surface area contributed by atoms with Gasteiger partial charge in [-0.3, -0.25) is 4.79 Å². The summed E-state index contributed by atoms with van der Waals surface area (Å²) in [6.07, 6.45) is 1.91. The molecule has 1 atom stereocenters. The van der Waals surface area contributed by atoms with Crippen LogP contribution in [0.25, 0.3) is 11.3 Å². The number of piperidine rings is 1. The molecule has 1 aromatic heterocycles. The Bertz CT molecular complexity index is 1170. The smallest absolute Gasteiger partial charge is 0.277 e.